The average Bonchev–Trinajstić information content (AvgIpc) is 3.00. The van der Waals surface area contributed by atoms with Gasteiger partial charge in [-0.05, 0) is 6.07 Å². The first-order chi connectivity index (χ1) is 10.3. The van der Waals surface area contributed by atoms with Crippen LogP contribution in [0.4, 0.5) is 5.69 Å². The molecule has 2 aromatic heterocycles. The highest BCUT2D eigenvalue weighted by atomic mass is 16.5. The first-order valence-corrected chi connectivity index (χ1v) is 6.24. The maximum atomic E-state index is 11.3. The minimum Gasteiger partial charge on any atom is -0.476 e. The van der Waals surface area contributed by atoms with E-state index in [9.17, 15) is 9.90 Å². The van der Waals surface area contributed by atoms with E-state index in [-0.39, 0.29) is 5.69 Å². The lowest BCUT2D eigenvalue weighted by Crippen LogP contribution is -2.12. The number of aromatic carboxylic acids is 1. The Balaban J connectivity index is 1.90. The van der Waals surface area contributed by atoms with Crippen LogP contribution in [0, 0.1) is 0 Å². The highest BCUT2D eigenvalue weighted by Gasteiger charge is 2.16. The number of nitrogens with one attached hydrogen (secondary N) is 1. The van der Waals surface area contributed by atoms with Crippen LogP contribution in [-0.4, -0.2) is 38.0 Å². The molecule has 0 saturated heterocycles. The fraction of sp³-hybridized carbons (Fsp3) is 0.154. The van der Waals surface area contributed by atoms with Crippen molar-refractivity contribution in [3.8, 4) is 0 Å². The van der Waals surface area contributed by atoms with Crippen LogP contribution in [-0.2, 0) is 6.42 Å². The number of carboxylic acids is 1. The van der Waals surface area contributed by atoms with E-state index in [1.54, 1.807) is 12.1 Å². The minimum atomic E-state index is -1.13. The zero-order valence-electron chi connectivity index (χ0n) is 10.9. The molecule has 0 spiro atoms. The summed E-state index contributed by atoms with van der Waals surface area (Å²) in [5, 5.41) is 24.2. The van der Waals surface area contributed by atoms with Gasteiger partial charge in [-0.25, -0.2) is 4.79 Å². The fourth-order valence-electron chi connectivity index (χ4n) is 1.98. The molecular formula is C13H11N5O3. The Morgan fingerprint density at radius 2 is 2.14 bits per heavy atom. The number of carboxylic acid groups (broad SMARTS) is 1. The number of hydrogen-bond donors (Lipinski definition) is 2. The summed E-state index contributed by atoms with van der Waals surface area (Å²) in [4.78, 5) is 15.2. The van der Waals surface area contributed by atoms with Gasteiger partial charge in [-0.1, -0.05) is 23.4 Å². The molecule has 0 aliphatic rings. The van der Waals surface area contributed by atoms with E-state index in [2.05, 4.69) is 25.7 Å². The SMILES string of the molecule is O=C(O)c1nnc2ccccc2c1NCCc1ncno1. The zero-order valence-corrected chi connectivity index (χ0v) is 10.9. The molecule has 2 heterocycles. The molecule has 106 valence electrons. The maximum absolute atomic E-state index is 11.3. The molecule has 2 N–H and O–H groups in total. The van der Waals surface area contributed by atoms with Gasteiger partial charge in [0.1, 0.15) is 0 Å². The van der Waals surface area contributed by atoms with Gasteiger partial charge in [0.05, 0.1) is 11.2 Å². The molecule has 3 rings (SSSR count). The summed E-state index contributed by atoms with van der Waals surface area (Å²) in [5.74, 6) is -0.653. The summed E-state index contributed by atoms with van der Waals surface area (Å²) < 4.78 is 4.89. The van der Waals surface area contributed by atoms with Crippen molar-refractivity contribution in [3.05, 3.63) is 42.2 Å². The van der Waals surface area contributed by atoms with E-state index >= 15 is 0 Å². The Morgan fingerprint density at radius 1 is 1.29 bits per heavy atom. The van der Waals surface area contributed by atoms with Gasteiger partial charge in [-0.2, -0.15) is 4.98 Å². The van der Waals surface area contributed by atoms with Crippen LogP contribution >= 0.6 is 0 Å². The number of nitrogens with zero attached hydrogens (tertiary/aromatic N) is 4. The molecule has 0 aliphatic heterocycles. The molecule has 0 atom stereocenters. The lowest BCUT2D eigenvalue weighted by Gasteiger charge is -2.10. The smallest absolute Gasteiger partial charge is 0.358 e. The van der Waals surface area contributed by atoms with Crippen LogP contribution in [0.25, 0.3) is 10.9 Å². The summed E-state index contributed by atoms with van der Waals surface area (Å²) in [6.45, 7) is 0.443. The topological polar surface area (TPSA) is 114 Å². The standard InChI is InChI=1S/C13H11N5O3/c19-13(20)12-11(14-6-5-10-15-7-16-21-10)8-3-1-2-4-9(8)17-18-12/h1-4,7H,5-6H2,(H,14,17)(H,19,20). The van der Waals surface area contributed by atoms with Crippen molar-refractivity contribution in [1.82, 2.24) is 20.3 Å². The van der Waals surface area contributed by atoms with Crippen LogP contribution in [0.3, 0.4) is 0 Å². The second-order valence-electron chi connectivity index (χ2n) is 4.26. The molecule has 0 aliphatic carbocycles. The van der Waals surface area contributed by atoms with Crippen LogP contribution in [0.15, 0.2) is 35.1 Å². The Hall–Kier alpha value is -3.03. The molecule has 3 aromatic rings. The average molecular weight is 285 g/mol. The van der Waals surface area contributed by atoms with Crippen molar-refractivity contribution in [2.75, 3.05) is 11.9 Å². The first-order valence-electron chi connectivity index (χ1n) is 6.24. The van der Waals surface area contributed by atoms with Gasteiger partial charge in [-0.3, -0.25) is 0 Å². The molecule has 0 fully saturated rings. The number of aromatic nitrogens is 4. The second-order valence-corrected chi connectivity index (χ2v) is 4.26. The van der Waals surface area contributed by atoms with Gasteiger partial charge in [-0.15, -0.1) is 10.2 Å². The summed E-state index contributed by atoms with van der Waals surface area (Å²) in [7, 11) is 0. The fourth-order valence-corrected chi connectivity index (χ4v) is 1.98. The Bertz CT molecular complexity index is 773. The monoisotopic (exact) mass is 285 g/mol. The normalized spacial score (nSPS) is 10.7. The highest BCUT2D eigenvalue weighted by Crippen LogP contribution is 2.24. The number of anilines is 1. The van der Waals surface area contributed by atoms with E-state index in [1.165, 1.54) is 6.33 Å². The Labute approximate surface area is 118 Å². The third kappa shape index (κ3) is 2.64. The molecule has 0 saturated carbocycles. The number of hydrogen-bond acceptors (Lipinski definition) is 7. The molecule has 8 heteroatoms. The lowest BCUT2D eigenvalue weighted by molar-refractivity contribution is 0.0690. The molecule has 0 unspecified atom stereocenters. The lowest BCUT2D eigenvalue weighted by atomic mass is 10.1. The third-order valence-electron chi connectivity index (χ3n) is 2.92. The number of rotatable bonds is 5. The molecular weight excluding hydrogens is 274 g/mol. The minimum absolute atomic E-state index is 0.112. The van der Waals surface area contributed by atoms with Gasteiger partial charge >= 0.3 is 5.97 Å². The quantitative estimate of drug-likeness (QED) is 0.722. The van der Waals surface area contributed by atoms with Gasteiger partial charge in [0.25, 0.3) is 0 Å². The predicted molar refractivity (Wildman–Crippen MR) is 73.0 cm³/mol. The molecule has 0 amide bonds. The van der Waals surface area contributed by atoms with Gasteiger partial charge < -0.3 is 14.9 Å². The molecule has 1 aromatic carbocycles. The summed E-state index contributed by atoms with van der Waals surface area (Å²) >= 11 is 0. The highest BCUT2D eigenvalue weighted by molar-refractivity contribution is 6.02. The number of carbonyl (C=O) groups is 1. The number of fused-ring (bicyclic) bond motifs is 1. The van der Waals surface area contributed by atoms with E-state index < -0.39 is 5.97 Å². The van der Waals surface area contributed by atoms with Crippen molar-refractivity contribution in [3.63, 3.8) is 0 Å². The van der Waals surface area contributed by atoms with E-state index in [0.717, 1.165) is 0 Å². The largest absolute Gasteiger partial charge is 0.476 e. The van der Waals surface area contributed by atoms with Crippen molar-refractivity contribution >= 4 is 22.6 Å². The second kappa shape index (κ2) is 5.53. The third-order valence-corrected chi connectivity index (χ3v) is 2.92. The summed E-state index contributed by atoms with van der Waals surface area (Å²) in [6.07, 6.45) is 1.80. The van der Waals surface area contributed by atoms with E-state index in [0.29, 0.717) is 35.4 Å². The molecule has 0 radical (unpaired) electrons. The van der Waals surface area contributed by atoms with Crippen LogP contribution in [0.2, 0.25) is 0 Å². The van der Waals surface area contributed by atoms with Crippen LogP contribution in [0.1, 0.15) is 16.4 Å². The Morgan fingerprint density at radius 3 is 2.90 bits per heavy atom. The van der Waals surface area contributed by atoms with Crippen LogP contribution in [0.5, 0.6) is 0 Å². The summed E-state index contributed by atoms with van der Waals surface area (Å²) in [6, 6.07) is 7.21. The summed E-state index contributed by atoms with van der Waals surface area (Å²) in [5.41, 5.74) is 0.953. The zero-order chi connectivity index (χ0) is 14.7. The van der Waals surface area contributed by atoms with Gasteiger partial charge in [0.2, 0.25) is 5.89 Å². The van der Waals surface area contributed by atoms with Crippen LogP contribution < -0.4 is 5.32 Å². The Kier molecular flexibility index (Phi) is 3.42. The molecule has 8 nitrogen and oxygen atoms in total. The van der Waals surface area contributed by atoms with Crippen molar-refractivity contribution in [2.24, 2.45) is 0 Å². The number of benzene rings is 1. The molecule has 0 bridgehead atoms. The van der Waals surface area contributed by atoms with E-state index in [4.69, 9.17) is 4.52 Å². The van der Waals surface area contributed by atoms with Gasteiger partial charge in [0, 0.05) is 18.4 Å². The maximum Gasteiger partial charge on any atom is 0.358 e. The molecule has 21 heavy (non-hydrogen) atoms. The van der Waals surface area contributed by atoms with Crippen molar-refractivity contribution in [2.45, 2.75) is 6.42 Å². The van der Waals surface area contributed by atoms with Crippen molar-refractivity contribution in [1.29, 1.82) is 0 Å². The van der Waals surface area contributed by atoms with Crippen molar-refractivity contribution < 1.29 is 14.4 Å². The van der Waals surface area contributed by atoms with E-state index in [1.807, 2.05) is 12.1 Å². The first kappa shape index (κ1) is 13.0. The van der Waals surface area contributed by atoms with Gasteiger partial charge in [0.15, 0.2) is 12.0 Å². The predicted octanol–water partition coefficient (Wildman–Crippen LogP) is 1.37.